The van der Waals surface area contributed by atoms with Crippen molar-refractivity contribution in [3.8, 4) is 0 Å². The molecule has 0 unspecified atom stereocenters. The van der Waals surface area contributed by atoms with Crippen LogP contribution in [0.1, 0.15) is 24.7 Å². The maximum atomic E-state index is 5.39. The van der Waals surface area contributed by atoms with Gasteiger partial charge in [0.2, 0.25) is 0 Å². The van der Waals surface area contributed by atoms with E-state index in [2.05, 4.69) is 27.6 Å². The van der Waals surface area contributed by atoms with Crippen LogP contribution < -0.4 is 16.6 Å². The molecule has 0 aliphatic rings. The topological polar surface area (TPSA) is 89.0 Å². The molecule has 2 heterocycles. The Morgan fingerprint density at radius 1 is 1.33 bits per heavy atom. The molecule has 0 aliphatic carbocycles. The van der Waals surface area contributed by atoms with Gasteiger partial charge in [-0.1, -0.05) is 6.92 Å². The molecule has 0 spiro atoms. The quantitative estimate of drug-likeness (QED) is 0.534. The molecule has 2 aromatic heterocycles. The standard InChI is InChI=1S/C12H17N5O/c1-2-3-10-15-11(6-12(16-10)17-13)14-7-9-4-5-18-8-9/h4-6,8H,2-3,7,13H2,1H3,(H2,14,15,16,17). The Kier molecular flexibility index (Phi) is 4.14. The second-order valence-corrected chi connectivity index (χ2v) is 3.93. The molecule has 2 aromatic rings. The van der Waals surface area contributed by atoms with Crippen LogP contribution in [-0.4, -0.2) is 9.97 Å². The van der Waals surface area contributed by atoms with Crippen molar-refractivity contribution in [2.75, 3.05) is 10.7 Å². The second kappa shape index (κ2) is 6.02. The van der Waals surface area contributed by atoms with E-state index in [1.54, 1.807) is 18.6 Å². The Labute approximate surface area is 106 Å². The van der Waals surface area contributed by atoms with Crippen molar-refractivity contribution in [2.45, 2.75) is 26.3 Å². The number of anilines is 2. The van der Waals surface area contributed by atoms with Gasteiger partial charge in [0.15, 0.2) is 0 Å². The number of nitrogens with one attached hydrogen (secondary N) is 2. The summed E-state index contributed by atoms with van der Waals surface area (Å²) < 4.78 is 5.01. The molecule has 0 amide bonds. The van der Waals surface area contributed by atoms with Crippen molar-refractivity contribution in [1.29, 1.82) is 0 Å². The molecule has 18 heavy (non-hydrogen) atoms. The van der Waals surface area contributed by atoms with Crippen molar-refractivity contribution < 1.29 is 4.42 Å². The predicted molar refractivity (Wildman–Crippen MR) is 69.9 cm³/mol. The molecule has 96 valence electrons. The van der Waals surface area contributed by atoms with E-state index in [9.17, 15) is 0 Å². The molecular formula is C12H17N5O. The number of hydrazine groups is 1. The Bertz CT molecular complexity index is 483. The number of nitrogen functional groups attached to an aromatic ring is 1. The molecule has 0 aromatic carbocycles. The number of rotatable bonds is 6. The third-order valence-corrected chi connectivity index (χ3v) is 2.45. The van der Waals surface area contributed by atoms with Crippen LogP contribution in [0.5, 0.6) is 0 Å². The number of nitrogens with two attached hydrogens (primary N) is 1. The van der Waals surface area contributed by atoms with Crippen LogP contribution in [0.15, 0.2) is 29.1 Å². The molecule has 2 rings (SSSR count). The van der Waals surface area contributed by atoms with Gasteiger partial charge in [-0.2, -0.15) is 0 Å². The average Bonchev–Trinajstić information content (AvgIpc) is 2.89. The highest BCUT2D eigenvalue weighted by Gasteiger charge is 2.03. The third kappa shape index (κ3) is 3.21. The van der Waals surface area contributed by atoms with Gasteiger partial charge < -0.3 is 15.2 Å². The minimum absolute atomic E-state index is 0.614. The number of aromatic nitrogens is 2. The minimum atomic E-state index is 0.614. The summed E-state index contributed by atoms with van der Waals surface area (Å²) in [6.45, 7) is 2.74. The summed E-state index contributed by atoms with van der Waals surface area (Å²) in [5.74, 6) is 7.54. The third-order valence-electron chi connectivity index (χ3n) is 2.45. The fraction of sp³-hybridized carbons (Fsp3) is 0.333. The summed E-state index contributed by atoms with van der Waals surface area (Å²) >= 11 is 0. The average molecular weight is 247 g/mol. The molecular weight excluding hydrogens is 230 g/mol. The van der Waals surface area contributed by atoms with Gasteiger partial charge in [-0.25, -0.2) is 15.8 Å². The first-order chi connectivity index (χ1) is 8.81. The van der Waals surface area contributed by atoms with Crippen molar-refractivity contribution in [3.63, 3.8) is 0 Å². The van der Waals surface area contributed by atoms with E-state index in [0.717, 1.165) is 30.0 Å². The zero-order valence-corrected chi connectivity index (χ0v) is 10.3. The highest BCUT2D eigenvalue weighted by atomic mass is 16.3. The molecule has 6 heteroatoms. The SMILES string of the molecule is CCCc1nc(NN)cc(NCc2ccoc2)n1. The largest absolute Gasteiger partial charge is 0.472 e. The van der Waals surface area contributed by atoms with Gasteiger partial charge in [0.1, 0.15) is 17.5 Å². The first-order valence-corrected chi connectivity index (χ1v) is 5.91. The highest BCUT2D eigenvalue weighted by molar-refractivity contribution is 5.47. The molecule has 0 saturated carbocycles. The number of hydrogen-bond acceptors (Lipinski definition) is 6. The molecule has 0 atom stereocenters. The zero-order valence-electron chi connectivity index (χ0n) is 10.3. The van der Waals surface area contributed by atoms with Crippen LogP contribution in [0.2, 0.25) is 0 Å². The van der Waals surface area contributed by atoms with Gasteiger partial charge in [0.25, 0.3) is 0 Å². The summed E-state index contributed by atoms with van der Waals surface area (Å²) in [5.41, 5.74) is 3.61. The van der Waals surface area contributed by atoms with Crippen LogP contribution in [-0.2, 0) is 13.0 Å². The van der Waals surface area contributed by atoms with E-state index in [0.29, 0.717) is 12.4 Å². The van der Waals surface area contributed by atoms with E-state index < -0.39 is 0 Å². The van der Waals surface area contributed by atoms with Crippen LogP contribution in [0.3, 0.4) is 0 Å². The fourth-order valence-corrected chi connectivity index (χ4v) is 1.58. The molecule has 0 fully saturated rings. The lowest BCUT2D eigenvalue weighted by atomic mass is 10.3. The highest BCUT2D eigenvalue weighted by Crippen LogP contribution is 2.13. The number of furan rings is 1. The first-order valence-electron chi connectivity index (χ1n) is 5.91. The Balaban J connectivity index is 2.08. The first kappa shape index (κ1) is 12.4. The fourth-order valence-electron chi connectivity index (χ4n) is 1.58. The number of hydrogen-bond donors (Lipinski definition) is 3. The number of aryl methyl sites for hydroxylation is 1. The van der Waals surface area contributed by atoms with E-state index in [1.165, 1.54) is 0 Å². The van der Waals surface area contributed by atoms with Crippen molar-refractivity contribution in [1.82, 2.24) is 9.97 Å². The predicted octanol–water partition coefficient (Wildman–Crippen LogP) is 1.92. The van der Waals surface area contributed by atoms with Crippen LogP contribution in [0.4, 0.5) is 11.6 Å². The molecule has 0 radical (unpaired) electrons. The normalized spacial score (nSPS) is 10.3. The Hall–Kier alpha value is -2.08. The summed E-state index contributed by atoms with van der Waals surface area (Å²) in [7, 11) is 0. The lowest BCUT2D eigenvalue weighted by Crippen LogP contribution is -2.12. The lowest BCUT2D eigenvalue weighted by Gasteiger charge is -2.08. The molecule has 0 bridgehead atoms. The second-order valence-electron chi connectivity index (χ2n) is 3.93. The molecule has 0 aliphatic heterocycles. The van der Waals surface area contributed by atoms with Crippen molar-refractivity contribution in [2.24, 2.45) is 5.84 Å². The number of nitrogens with zero attached hydrogens (tertiary/aromatic N) is 2. The van der Waals surface area contributed by atoms with Gasteiger partial charge in [-0.15, -0.1) is 0 Å². The summed E-state index contributed by atoms with van der Waals surface area (Å²) in [6.07, 6.45) is 5.17. The van der Waals surface area contributed by atoms with Gasteiger partial charge in [0, 0.05) is 24.6 Å². The van der Waals surface area contributed by atoms with E-state index in [1.807, 2.05) is 6.07 Å². The van der Waals surface area contributed by atoms with Crippen LogP contribution in [0.25, 0.3) is 0 Å². The minimum Gasteiger partial charge on any atom is -0.472 e. The summed E-state index contributed by atoms with van der Waals surface area (Å²) in [5, 5.41) is 3.21. The van der Waals surface area contributed by atoms with Gasteiger partial charge in [-0.05, 0) is 12.5 Å². The molecule has 0 saturated heterocycles. The van der Waals surface area contributed by atoms with Crippen LogP contribution >= 0.6 is 0 Å². The van der Waals surface area contributed by atoms with Crippen molar-refractivity contribution in [3.05, 3.63) is 36.0 Å². The molecule has 4 N–H and O–H groups in total. The zero-order chi connectivity index (χ0) is 12.8. The van der Waals surface area contributed by atoms with E-state index in [4.69, 9.17) is 10.3 Å². The maximum Gasteiger partial charge on any atom is 0.145 e. The smallest absolute Gasteiger partial charge is 0.145 e. The van der Waals surface area contributed by atoms with Crippen LogP contribution in [0, 0.1) is 0 Å². The summed E-state index contributed by atoms with van der Waals surface area (Å²) in [4.78, 5) is 8.70. The molecule has 6 nitrogen and oxygen atoms in total. The van der Waals surface area contributed by atoms with Gasteiger partial charge in [0.05, 0.1) is 12.5 Å². The van der Waals surface area contributed by atoms with E-state index in [-0.39, 0.29) is 0 Å². The Morgan fingerprint density at radius 3 is 2.83 bits per heavy atom. The monoisotopic (exact) mass is 247 g/mol. The maximum absolute atomic E-state index is 5.39. The summed E-state index contributed by atoms with van der Waals surface area (Å²) in [6, 6.07) is 3.68. The van der Waals surface area contributed by atoms with E-state index >= 15 is 0 Å². The lowest BCUT2D eigenvalue weighted by molar-refractivity contribution is 0.564. The van der Waals surface area contributed by atoms with Crippen molar-refractivity contribution >= 4 is 11.6 Å². The van der Waals surface area contributed by atoms with Gasteiger partial charge >= 0.3 is 0 Å². The Morgan fingerprint density at radius 2 is 2.17 bits per heavy atom. The van der Waals surface area contributed by atoms with Gasteiger partial charge in [-0.3, -0.25) is 0 Å².